The zero-order chi connectivity index (χ0) is 24.2. The maximum Gasteiger partial charge on any atom is 0.264 e. The summed E-state index contributed by atoms with van der Waals surface area (Å²) in [5, 5.41) is 2.65. The molecule has 0 aromatic heterocycles. The van der Waals surface area contributed by atoms with Gasteiger partial charge in [-0.05, 0) is 55.8 Å². The molecule has 0 aliphatic rings. The minimum absolute atomic E-state index is 0.103. The smallest absolute Gasteiger partial charge is 0.264 e. The summed E-state index contributed by atoms with van der Waals surface area (Å²) in [5.41, 5.74) is 2.84. The van der Waals surface area contributed by atoms with Crippen LogP contribution in [-0.2, 0) is 14.8 Å². The molecule has 174 valence electrons. The molecule has 0 heterocycles. The molecule has 3 rings (SSSR count). The first-order chi connectivity index (χ1) is 15.7. The highest BCUT2D eigenvalue weighted by Gasteiger charge is 2.31. The van der Waals surface area contributed by atoms with Crippen LogP contribution in [0.25, 0.3) is 0 Å². The van der Waals surface area contributed by atoms with Crippen LogP contribution in [0.2, 0.25) is 0 Å². The van der Waals surface area contributed by atoms with Crippen LogP contribution >= 0.6 is 0 Å². The zero-order valence-corrected chi connectivity index (χ0v) is 20.1. The molecule has 0 aliphatic heterocycles. The Hall–Kier alpha value is -3.52. The fourth-order valence-electron chi connectivity index (χ4n) is 3.62. The monoisotopic (exact) mass is 468 g/mol. The normalized spacial score (nSPS) is 12.0. The van der Waals surface area contributed by atoms with E-state index in [-0.39, 0.29) is 10.8 Å². The number of amides is 1. The molecule has 1 atom stereocenters. The van der Waals surface area contributed by atoms with Gasteiger partial charge in [0.05, 0.1) is 30.8 Å². The highest BCUT2D eigenvalue weighted by Crippen LogP contribution is 2.38. The van der Waals surface area contributed by atoms with Gasteiger partial charge in [0.2, 0.25) is 5.91 Å². The average molecular weight is 469 g/mol. The predicted octanol–water partition coefficient (Wildman–Crippen LogP) is 4.93. The van der Waals surface area contributed by atoms with Crippen molar-refractivity contribution < 1.29 is 22.7 Å². The van der Waals surface area contributed by atoms with Crippen molar-refractivity contribution in [1.29, 1.82) is 0 Å². The number of carbonyl (C=O) groups excluding carboxylic acids is 1. The van der Waals surface area contributed by atoms with Gasteiger partial charge in [-0.25, -0.2) is 8.42 Å². The second-order valence-electron chi connectivity index (χ2n) is 7.64. The number of rotatable bonds is 8. The van der Waals surface area contributed by atoms with Crippen molar-refractivity contribution in [3.63, 3.8) is 0 Å². The van der Waals surface area contributed by atoms with Gasteiger partial charge in [0, 0.05) is 18.7 Å². The van der Waals surface area contributed by atoms with E-state index in [1.165, 1.54) is 37.6 Å². The fourth-order valence-corrected chi connectivity index (χ4v) is 5.26. The van der Waals surface area contributed by atoms with Crippen LogP contribution in [0.15, 0.2) is 71.6 Å². The Morgan fingerprint density at radius 1 is 0.939 bits per heavy atom. The van der Waals surface area contributed by atoms with Crippen molar-refractivity contribution in [2.75, 3.05) is 23.8 Å². The summed E-state index contributed by atoms with van der Waals surface area (Å²) in [7, 11) is -0.949. The number of aryl methyl sites for hydroxylation is 1. The summed E-state index contributed by atoms with van der Waals surface area (Å²) < 4.78 is 39.9. The molecule has 1 amide bonds. The standard InChI is InChI=1S/C25H28N2O5S/c1-17-7-6-8-20(15-17)18(2)27(22-11-14-24(31-4)25(16-22)32-5)33(29,30)23-12-9-21(10-13-23)26-19(3)28/h6-16,18H,1-5H3,(H,26,28)/t18-/m0/s1. The summed E-state index contributed by atoms with van der Waals surface area (Å²) in [6.07, 6.45) is 0. The van der Waals surface area contributed by atoms with E-state index in [0.29, 0.717) is 22.9 Å². The number of carbonyl (C=O) groups is 1. The second kappa shape index (κ2) is 9.95. The van der Waals surface area contributed by atoms with Crippen LogP contribution in [0.5, 0.6) is 11.5 Å². The number of nitrogens with zero attached hydrogens (tertiary/aromatic N) is 1. The number of ether oxygens (including phenoxy) is 2. The van der Waals surface area contributed by atoms with Crippen LogP contribution in [-0.4, -0.2) is 28.5 Å². The van der Waals surface area contributed by atoms with Gasteiger partial charge >= 0.3 is 0 Å². The fraction of sp³-hybridized carbons (Fsp3) is 0.240. The number of anilines is 2. The number of benzene rings is 3. The summed E-state index contributed by atoms with van der Waals surface area (Å²) in [6, 6.07) is 18.3. The predicted molar refractivity (Wildman–Crippen MR) is 130 cm³/mol. The lowest BCUT2D eigenvalue weighted by atomic mass is 10.1. The third-order valence-corrected chi connectivity index (χ3v) is 7.14. The van der Waals surface area contributed by atoms with Gasteiger partial charge in [0.15, 0.2) is 11.5 Å². The molecule has 0 saturated carbocycles. The van der Waals surface area contributed by atoms with Crippen molar-refractivity contribution in [2.24, 2.45) is 0 Å². The number of hydrogen-bond donors (Lipinski definition) is 1. The number of sulfonamides is 1. The summed E-state index contributed by atoms with van der Waals surface area (Å²) >= 11 is 0. The largest absolute Gasteiger partial charge is 0.493 e. The maximum absolute atomic E-state index is 13.9. The first-order valence-corrected chi connectivity index (χ1v) is 11.8. The van der Waals surface area contributed by atoms with Gasteiger partial charge in [-0.1, -0.05) is 29.8 Å². The van der Waals surface area contributed by atoms with E-state index in [1.54, 1.807) is 30.3 Å². The third-order valence-electron chi connectivity index (χ3n) is 5.23. The molecule has 0 fully saturated rings. The molecule has 0 unspecified atom stereocenters. The van der Waals surface area contributed by atoms with Crippen molar-refractivity contribution in [3.8, 4) is 11.5 Å². The first-order valence-electron chi connectivity index (χ1n) is 10.4. The highest BCUT2D eigenvalue weighted by molar-refractivity contribution is 7.92. The van der Waals surface area contributed by atoms with Crippen molar-refractivity contribution in [3.05, 3.63) is 77.9 Å². The van der Waals surface area contributed by atoms with E-state index in [4.69, 9.17) is 9.47 Å². The molecule has 0 radical (unpaired) electrons. The maximum atomic E-state index is 13.9. The minimum Gasteiger partial charge on any atom is -0.493 e. The Labute approximate surface area is 195 Å². The van der Waals surface area contributed by atoms with E-state index in [9.17, 15) is 13.2 Å². The van der Waals surface area contributed by atoms with Crippen molar-refractivity contribution >= 4 is 27.3 Å². The SMILES string of the molecule is COc1ccc(N([C@@H](C)c2cccc(C)c2)S(=O)(=O)c2ccc(NC(C)=O)cc2)cc1OC. The lowest BCUT2D eigenvalue weighted by Gasteiger charge is -2.31. The molecule has 3 aromatic rings. The lowest BCUT2D eigenvalue weighted by Crippen LogP contribution is -2.33. The Morgan fingerprint density at radius 2 is 1.61 bits per heavy atom. The van der Waals surface area contributed by atoms with Gasteiger partial charge < -0.3 is 14.8 Å². The molecular weight excluding hydrogens is 440 g/mol. The molecular formula is C25H28N2O5S. The Balaban J connectivity index is 2.14. The van der Waals surface area contributed by atoms with Crippen LogP contribution in [0, 0.1) is 6.92 Å². The minimum atomic E-state index is -3.98. The van der Waals surface area contributed by atoms with Gasteiger partial charge in [0.1, 0.15) is 0 Å². The van der Waals surface area contributed by atoms with E-state index in [1.807, 2.05) is 38.1 Å². The number of methoxy groups -OCH3 is 2. The van der Waals surface area contributed by atoms with Gasteiger partial charge in [-0.15, -0.1) is 0 Å². The molecule has 33 heavy (non-hydrogen) atoms. The molecule has 3 aromatic carbocycles. The number of nitrogens with one attached hydrogen (secondary N) is 1. The van der Waals surface area contributed by atoms with E-state index >= 15 is 0 Å². The first kappa shape index (κ1) is 24.1. The zero-order valence-electron chi connectivity index (χ0n) is 19.3. The number of hydrogen-bond acceptors (Lipinski definition) is 5. The molecule has 0 bridgehead atoms. The van der Waals surface area contributed by atoms with Gasteiger partial charge in [-0.3, -0.25) is 9.10 Å². The van der Waals surface area contributed by atoms with Crippen LogP contribution in [0.4, 0.5) is 11.4 Å². The van der Waals surface area contributed by atoms with E-state index < -0.39 is 16.1 Å². The van der Waals surface area contributed by atoms with Crippen LogP contribution in [0.1, 0.15) is 31.0 Å². The average Bonchev–Trinajstić information content (AvgIpc) is 2.78. The van der Waals surface area contributed by atoms with Gasteiger partial charge in [0.25, 0.3) is 10.0 Å². The highest BCUT2D eigenvalue weighted by atomic mass is 32.2. The molecule has 0 spiro atoms. The summed E-state index contributed by atoms with van der Waals surface area (Å²) in [4.78, 5) is 11.4. The van der Waals surface area contributed by atoms with Crippen LogP contribution < -0.4 is 19.1 Å². The quantitative estimate of drug-likeness (QED) is 0.507. The van der Waals surface area contributed by atoms with Crippen molar-refractivity contribution in [1.82, 2.24) is 0 Å². The Morgan fingerprint density at radius 3 is 2.18 bits per heavy atom. The third kappa shape index (κ3) is 5.28. The molecule has 0 aliphatic carbocycles. The second-order valence-corrected chi connectivity index (χ2v) is 9.45. The Kier molecular flexibility index (Phi) is 7.28. The van der Waals surface area contributed by atoms with E-state index in [2.05, 4.69) is 5.32 Å². The van der Waals surface area contributed by atoms with Crippen molar-refractivity contribution in [2.45, 2.75) is 31.7 Å². The lowest BCUT2D eigenvalue weighted by molar-refractivity contribution is -0.114. The topological polar surface area (TPSA) is 84.9 Å². The molecule has 7 nitrogen and oxygen atoms in total. The molecule has 8 heteroatoms. The summed E-state index contributed by atoms with van der Waals surface area (Å²) in [5.74, 6) is 0.694. The summed E-state index contributed by atoms with van der Waals surface area (Å²) in [6.45, 7) is 5.20. The van der Waals surface area contributed by atoms with E-state index in [0.717, 1.165) is 11.1 Å². The molecule has 0 saturated heterocycles. The molecule has 1 N–H and O–H groups in total. The van der Waals surface area contributed by atoms with Crippen LogP contribution in [0.3, 0.4) is 0 Å². The van der Waals surface area contributed by atoms with Gasteiger partial charge in [-0.2, -0.15) is 0 Å². The Bertz CT molecular complexity index is 1240.